The molecule has 0 saturated heterocycles. The molecule has 0 amide bonds. The third-order valence-electron chi connectivity index (χ3n) is 1.14. The van der Waals surface area contributed by atoms with E-state index in [2.05, 4.69) is 37.9 Å². The molecule has 0 heterocycles. The molecule has 1 radical (unpaired) electrons. The van der Waals surface area contributed by atoms with Crippen LogP contribution in [0.15, 0.2) is 15.0 Å². The van der Waals surface area contributed by atoms with Gasteiger partial charge < -0.3 is 4.74 Å². The summed E-state index contributed by atoms with van der Waals surface area (Å²) < 4.78 is 6.62. The first-order valence-corrected chi connectivity index (χ1v) is 4.72. The summed E-state index contributed by atoms with van der Waals surface area (Å²) in [5.74, 6) is 0.622. The SMILES string of the molecule is COc1c(Cl)c[c]c(Br)c1Br. The van der Waals surface area contributed by atoms with Crippen molar-refractivity contribution in [3.8, 4) is 5.75 Å². The molecule has 1 nitrogen and oxygen atoms in total. The number of benzene rings is 1. The van der Waals surface area contributed by atoms with Gasteiger partial charge in [0.1, 0.15) is 0 Å². The second-order valence-corrected chi connectivity index (χ2v) is 3.79. The highest BCUT2D eigenvalue weighted by Crippen LogP contribution is 2.37. The Bertz CT molecular complexity index is 275. The first-order valence-electron chi connectivity index (χ1n) is 2.76. The molecule has 1 rings (SSSR count). The molecular formula is C7H4Br2ClO. The predicted molar refractivity (Wildman–Crippen MR) is 52.2 cm³/mol. The van der Waals surface area contributed by atoms with E-state index in [0.717, 1.165) is 8.95 Å². The summed E-state index contributed by atoms with van der Waals surface area (Å²) in [6, 6.07) is 4.55. The quantitative estimate of drug-likeness (QED) is 0.719. The summed E-state index contributed by atoms with van der Waals surface area (Å²) >= 11 is 12.4. The molecule has 0 fully saturated rings. The maximum Gasteiger partial charge on any atom is 0.152 e. The van der Waals surface area contributed by atoms with E-state index in [4.69, 9.17) is 16.3 Å². The maximum atomic E-state index is 5.79. The lowest BCUT2D eigenvalue weighted by Crippen LogP contribution is -1.86. The first kappa shape index (κ1) is 9.36. The zero-order chi connectivity index (χ0) is 8.43. The summed E-state index contributed by atoms with van der Waals surface area (Å²) in [4.78, 5) is 0. The fourth-order valence-corrected chi connectivity index (χ4v) is 1.77. The summed E-state index contributed by atoms with van der Waals surface area (Å²) in [7, 11) is 1.57. The lowest BCUT2D eigenvalue weighted by atomic mass is 10.3. The average Bonchev–Trinajstić information content (AvgIpc) is 1.99. The number of rotatable bonds is 1. The van der Waals surface area contributed by atoms with Gasteiger partial charge in [0.05, 0.1) is 16.6 Å². The van der Waals surface area contributed by atoms with Gasteiger partial charge in [-0.25, -0.2) is 0 Å². The molecule has 0 aliphatic heterocycles. The molecule has 0 N–H and O–H groups in total. The highest BCUT2D eigenvalue weighted by Gasteiger charge is 2.08. The van der Waals surface area contributed by atoms with Crippen molar-refractivity contribution in [2.24, 2.45) is 0 Å². The van der Waals surface area contributed by atoms with E-state index < -0.39 is 0 Å². The average molecular weight is 299 g/mol. The molecule has 59 valence electrons. The summed E-state index contributed by atoms with van der Waals surface area (Å²) in [6.45, 7) is 0. The van der Waals surface area contributed by atoms with Crippen LogP contribution < -0.4 is 4.74 Å². The van der Waals surface area contributed by atoms with Gasteiger partial charge in [-0.2, -0.15) is 0 Å². The van der Waals surface area contributed by atoms with Crippen molar-refractivity contribution in [1.29, 1.82) is 0 Å². The van der Waals surface area contributed by atoms with Crippen LogP contribution in [0.5, 0.6) is 5.75 Å². The van der Waals surface area contributed by atoms with Gasteiger partial charge >= 0.3 is 0 Å². The van der Waals surface area contributed by atoms with Crippen molar-refractivity contribution in [2.45, 2.75) is 0 Å². The van der Waals surface area contributed by atoms with Gasteiger partial charge in [-0.05, 0) is 44.0 Å². The van der Waals surface area contributed by atoms with Crippen LogP contribution in [-0.2, 0) is 0 Å². The highest BCUT2D eigenvalue weighted by molar-refractivity contribution is 9.13. The molecule has 0 unspecified atom stereocenters. The van der Waals surface area contributed by atoms with Crippen LogP contribution in [0.25, 0.3) is 0 Å². The van der Waals surface area contributed by atoms with Crippen molar-refractivity contribution in [1.82, 2.24) is 0 Å². The maximum absolute atomic E-state index is 5.79. The van der Waals surface area contributed by atoms with E-state index in [9.17, 15) is 0 Å². The molecule has 1 aromatic rings. The molecule has 0 aromatic heterocycles. The Morgan fingerprint density at radius 2 is 2.18 bits per heavy atom. The zero-order valence-electron chi connectivity index (χ0n) is 5.62. The molecule has 11 heavy (non-hydrogen) atoms. The normalized spacial score (nSPS) is 9.82. The van der Waals surface area contributed by atoms with Crippen molar-refractivity contribution in [2.75, 3.05) is 7.11 Å². The summed E-state index contributed by atoms with van der Waals surface area (Å²) in [5.41, 5.74) is 0. The molecule has 0 bridgehead atoms. The van der Waals surface area contributed by atoms with E-state index in [1.165, 1.54) is 0 Å². The highest BCUT2D eigenvalue weighted by atomic mass is 79.9. The van der Waals surface area contributed by atoms with Crippen molar-refractivity contribution < 1.29 is 4.74 Å². The molecule has 0 aliphatic rings. The van der Waals surface area contributed by atoms with Crippen molar-refractivity contribution in [3.05, 3.63) is 26.1 Å². The van der Waals surface area contributed by atoms with Crippen LogP contribution in [0, 0.1) is 6.07 Å². The molecule has 1 aromatic carbocycles. The van der Waals surface area contributed by atoms with Crippen molar-refractivity contribution >= 4 is 43.5 Å². The zero-order valence-corrected chi connectivity index (χ0v) is 9.55. The third-order valence-corrected chi connectivity index (χ3v) is 3.33. The van der Waals surface area contributed by atoms with E-state index in [1.807, 2.05) is 0 Å². The molecular weight excluding hydrogens is 295 g/mol. The van der Waals surface area contributed by atoms with Crippen LogP contribution in [-0.4, -0.2) is 7.11 Å². The fourth-order valence-electron chi connectivity index (χ4n) is 0.647. The topological polar surface area (TPSA) is 9.23 Å². The third kappa shape index (κ3) is 1.89. The number of halogens is 3. The van der Waals surface area contributed by atoms with Crippen LogP contribution in [0.1, 0.15) is 0 Å². The minimum absolute atomic E-state index is 0.544. The minimum Gasteiger partial charge on any atom is -0.494 e. The smallest absolute Gasteiger partial charge is 0.152 e. The number of ether oxygens (including phenoxy) is 1. The monoisotopic (exact) mass is 297 g/mol. The first-order chi connectivity index (χ1) is 5.16. The lowest BCUT2D eigenvalue weighted by molar-refractivity contribution is 0.412. The second-order valence-electron chi connectivity index (χ2n) is 1.80. The van der Waals surface area contributed by atoms with Gasteiger partial charge in [-0.15, -0.1) is 0 Å². The number of hydrogen-bond acceptors (Lipinski definition) is 1. The standard InChI is InChI=1S/C7H4Br2ClO/c1-11-7-5(10)3-2-4(8)6(7)9/h3H,1H3. The Kier molecular flexibility index (Phi) is 3.22. The van der Waals surface area contributed by atoms with E-state index in [-0.39, 0.29) is 0 Å². The van der Waals surface area contributed by atoms with Crippen LogP contribution in [0.2, 0.25) is 5.02 Å². The van der Waals surface area contributed by atoms with Gasteiger partial charge in [0.15, 0.2) is 5.75 Å². The van der Waals surface area contributed by atoms with Gasteiger partial charge in [-0.1, -0.05) is 11.6 Å². The number of methoxy groups -OCH3 is 1. The number of hydrogen-bond donors (Lipinski definition) is 0. The molecule has 0 spiro atoms. The van der Waals surface area contributed by atoms with Gasteiger partial charge in [0, 0.05) is 4.47 Å². The van der Waals surface area contributed by atoms with Gasteiger partial charge in [-0.3, -0.25) is 0 Å². The summed E-state index contributed by atoms with van der Waals surface area (Å²) in [6.07, 6.45) is 0. The van der Waals surface area contributed by atoms with Gasteiger partial charge in [0.2, 0.25) is 0 Å². The predicted octanol–water partition coefficient (Wildman–Crippen LogP) is 3.67. The Labute approximate surface area is 86.9 Å². The Morgan fingerprint density at radius 3 is 2.64 bits per heavy atom. The second kappa shape index (κ2) is 3.78. The molecule has 0 saturated carbocycles. The largest absolute Gasteiger partial charge is 0.494 e. The summed E-state index contributed by atoms with van der Waals surface area (Å²) in [5, 5.41) is 0.544. The Hall–Kier alpha value is 0.270. The van der Waals surface area contributed by atoms with Crippen LogP contribution >= 0.6 is 43.5 Å². The van der Waals surface area contributed by atoms with Crippen molar-refractivity contribution in [3.63, 3.8) is 0 Å². The van der Waals surface area contributed by atoms with Gasteiger partial charge in [0.25, 0.3) is 0 Å². The van der Waals surface area contributed by atoms with Crippen LogP contribution in [0.4, 0.5) is 0 Å². The Balaban J connectivity index is 3.29. The lowest BCUT2D eigenvalue weighted by Gasteiger charge is -2.05. The molecule has 4 heteroatoms. The minimum atomic E-state index is 0.544. The van der Waals surface area contributed by atoms with E-state index in [1.54, 1.807) is 13.2 Å². The fraction of sp³-hybridized carbons (Fsp3) is 0.143. The molecule has 0 atom stereocenters. The molecule has 0 aliphatic carbocycles. The Morgan fingerprint density at radius 1 is 1.55 bits per heavy atom. The van der Waals surface area contributed by atoms with E-state index in [0.29, 0.717) is 10.8 Å². The van der Waals surface area contributed by atoms with E-state index >= 15 is 0 Å². The van der Waals surface area contributed by atoms with Crippen LogP contribution in [0.3, 0.4) is 0 Å².